The van der Waals surface area contributed by atoms with E-state index < -0.39 is 5.91 Å². The van der Waals surface area contributed by atoms with Crippen molar-refractivity contribution in [1.29, 1.82) is 0 Å². The maximum Gasteiger partial charge on any atom is 0.251 e. The van der Waals surface area contributed by atoms with Crippen molar-refractivity contribution >= 4 is 28.2 Å². The van der Waals surface area contributed by atoms with Gasteiger partial charge in [0.05, 0.1) is 18.2 Å². The summed E-state index contributed by atoms with van der Waals surface area (Å²) in [6.45, 7) is 7.17. The molecule has 1 aromatic rings. The summed E-state index contributed by atoms with van der Waals surface area (Å²) >= 11 is 1.52. The standard InChI is InChI=1S/C20H31N3O3S/c1-13(2)12-26-14-7-9-23(10-8-14)11-17(24)22-20-18(19(21)25)15-5-3-4-6-16(15)27-20/h13-14H,3-12H2,1-2H3,(H2,21,25)(H,22,24). The Morgan fingerprint density at radius 3 is 2.63 bits per heavy atom. The van der Waals surface area contributed by atoms with E-state index in [1.165, 1.54) is 16.2 Å². The van der Waals surface area contributed by atoms with Crippen LogP contribution in [0, 0.1) is 5.92 Å². The van der Waals surface area contributed by atoms with Crippen LogP contribution >= 0.6 is 11.3 Å². The van der Waals surface area contributed by atoms with Gasteiger partial charge in [0.15, 0.2) is 0 Å². The fourth-order valence-electron chi connectivity index (χ4n) is 3.85. The van der Waals surface area contributed by atoms with Crippen LogP contribution in [0.25, 0.3) is 0 Å². The van der Waals surface area contributed by atoms with Gasteiger partial charge in [-0.3, -0.25) is 14.5 Å². The van der Waals surface area contributed by atoms with E-state index in [1.807, 2.05) is 0 Å². The van der Waals surface area contributed by atoms with Crippen molar-refractivity contribution < 1.29 is 14.3 Å². The van der Waals surface area contributed by atoms with Crippen LogP contribution in [-0.2, 0) is 22.4 Å². The topological polar surface area (TPSA) is 84.7 Å². The molecule has 1 aliphatic carbocycles. The predicted octanol–water partition coefficient (Wildman–Crippen LogP) is 2.80. The first kappa shape index (κ1) is 20.3. The van der Waals surface area contributed by atoms with E-state index in [-0.39, 0.29) is 5.91 Å². The number of piperidine rings is 1. The maximum absolute atomic E-state index is 12.5. The van der Waals surface area contributed by atoms with Gasteiger partial charge in [0.2, 0.25) is 5.91 Å². The molecular weight excluding hydrogens is 362 g/mol. The molecule has 27 heavy (non-hydrogen) atoms. The Hall–Kier alpha value is -1.44. The van der Waals surface area contributed by atoms with Gasteiger partial charge in [-0.1, -0.05) is 13.8 Å². The Kier molecular flexibility index (Phi) is 6.89. The Bertz CT molecular complexity index is 678. The first-order valence-electron chi connectivity index (χ1n) is 10.0. The highest BCUT2D eigenvalue weighted by Gasteiger charge is 2.26. The molecule has 0 atom stereocenters. The number of anilines is 1. The van der Waals surface area contributed by atoms with Crippen LogP contribution in [0.1, 0.15) is 60.3 Å². The van der Waals surface area contributed by atoms with Crippen molar-refractivity contribution in [3.05, 3.63) is 16.0 Å². The first-order valence-corrected chi connectivity index (χ1v) is 10.8. The maximum atomic E-state index is 12.5. The van der Waals surface area contributed by atoms with Gasteiger partial charge < -0.3 is 15.8 Å². The minimum Gasteiger partial charge on any atom is -0.378 e. The number of amides is 2. The fraction of sp³-hybridized carbons (Fsp3) is 0.700. The molecule has 7 heteroatoms. The number of nitrogens with two attached hydrogens (primary N) is 1. The number of nitrogens with one attached hydrogen (secondary N) is 1. The zero-order valence-corrected chi connectivity index (χ0v) is 17.2. The second-order valence-corrected chi connectivity index (χ2v) is 9.14. The third-order valence-corrected chi connectivity index (χ3v) is 6.44. The van der Waals surface area contributed by atoms with Crippen LogP contribution in [0.15, 0.2) is 0 Å². The number of carbonyl (C=O) groups excluding carboxylic acids is 2. The highest BCUT2D eigenvalue weighted by atomic mass is 32.1. The molecule has 0 unspecified atom stereocenters. The van der Waals surface area contributed by atoms with Gasteiger partial charge in [-0.25, -0.2) is 0 Å². The summed E-state index contributed by atoms with van der Waals surface area (Å²) in [5.74, 6) is 0.0374. The lowest BCUT2D eigenvalue weighted by molar-refractivity contribution is -0.118. The lowest BCUT2D eigenvalue weighted by Crippen LogP contribution is -2.41. The Morgan fingerprint density at radius 1 is 1.26 bits per heavy atom. The predicted molar refractivity (Wildman–Crippen MR) is 108 cm³/mol. The summed E-state index contributed by atoms with van der Waals surface area (Å²) in [5, 5.41) is 3.59. The summed E-state index contributed by atoms with van der Waals surface area (Å²) < 4.78 is 5.91. The Morgan fingerprint density at radius 2 is 1.96 bits per heavy atom. The summed E-state index contributed by atoms with van der Waals surface area (Å²) in [7, 11) is 0. The summed E-state index contributed by atoms with van der Waals surface area (Å²) in [5.41, 5.74) is 7.18. The van der Waals surface area contributed by atoms with Gasteiger partial charge >= 0.3 is 0 Å². The number of carbonyl (C=O) groups is 2. The van der Waals surface area contributed by atoms with E-state index in [1.54, 1.807) is 0 Å². The molecule has 1 fully saturated rings. The van der Waals surface area contributed by atoms with Gasteiger partial charge in [0, 0.05) is 24.6 Å². The number of nitrogens with zero attached hydrogens (tertiary/aromatic N) is 1. The van der Waals surface area contributed by atoms with Crippen molar-refractivity contribution in [2.45, 2.75) is 58.5 Å². The lowest BCUT2D eigenvalue weighted by Gasteiger charge is -2.31. The molecule has 150 valence electrons. The summed E-state index contributed by atoms with van der Waals surface area (Å²) in [6.07, 6.45) is 6.28. The Balaban J connectivity index is 1.53. The van der Waals surface area contributed by atoms with Gasteiger partial charge in [0.1, 0.15) is 5.00 Å². The number of likely N-dealkylation sites (tertiary alicyclic amines) is 1. The van der Waals surface area contributed by atoms with Crippen molar-refractivity contribution in [2.75, 3.05) is 31.6 Å². The monoisotopic (exact) mass is 393 g/mol. The number of hydrogen-bond donors (Lipinski definition) is 2. The number of thiophene rings is 1. The first-order chi connectivity index (χ1) is 12.9. The minimum absolute atomic E-state index is 0.0716. The third kappa shape index (κ3) is 5.30. The number of ether oxygens (including phenoxy) is 1. The normalized spacial score (nSPS) is 18.5. The molecule has 3 N–H and O–H groups in total. The second-order valence-electron chi connectivity index (χ2n) is 8.03. The molecule has 3 rings (SSSR count). The number of hydrogen-bond acceptors (Lipinski definition) is 5. The highest BCUT2D eigenvalue weighted by molar-refractivity contribution is 7.17. The SMILES string of the molecule is CC(C)COC1CCN(CC(=O)Nc2sc3c(c2C(N)=O)CCCC3)CC1. The number of rotatable bonds is 7. The molecule has 1 aromatic heterocycles. The Labute approximate surface area is 165 Å². The smallest absolute Gasteiger partial charge is 0.251 e. The average molecular weight is 394 g/mol. The molecule has 0 aromatic carbocycles. The molecule has 0 saturated carbocycles. The van der Waals surface area contributed by atoms with E-state index in [2.05, 4.69) is 24.1 Å². The largest absolute Gasteiger partial charge is 0.378 e. The summed E-state index contributed by atoms with van der Waals surface area (Å²) in [6, 6.07) is 0. The number of primary amides is 1. The average Bonchev–Trinajstić information content (AvgIpc) is 2.98. The second kappa shape index (κ2) is 9.17. The molecule has 2 aliphatic rings. The van der Waals surface area contributed by atoms with Crippen LogP contribution < -0.4 is 11.1 Å². The van der Waals surface area contributed by atoms with E-state index in [0.29, 0.717) is 29.1 Å². The van der Waals surface area contributed by atoms with Gasteiger partial charge in [-0.15, -0.1) is 11.3 Å². The molecule has 6 nitrogen and oxygen atoms in total. The summed E-state index contributed by atoms with van der Waals surface area (Å²) in [4.78, 5) is 27.8. The van der Waals surface area contributed by atoms with Crippen molar-refractivity contribution in [1.82, 2.24) is 4.90 Å². The van der Waals surface area contributed by atoms with Gasteiger partial charge in [-0.05, 0) is 50.0 Å². The van der Waals surface area contributed by atoms with Crippen LogP contribution in [0.3, 0.4) is 0 Å². The van der Waals surface area contributed by atoms with E-state index in [4.69, 9.17) is 10.5 Å². The molecule has 1 saturated heterocycles. The quantitative estimate of drug-likeness (QED) is 0.746. The van der Waals surface area contributed by atoms with E-state index in [9.17, 15) is 9.59 Å². The molecule has 2 amide bonds. The zero-order chi connectivity index (χ0) is 19.4. The van der Waals surface area contributed by atoms with E-state index in [0.717, 1.165) is 63.8 Å². The van der Waals surface area contributed by atoms with Crippen molar-refractivity contribution in [3.63, 3.8) is 0 Å². The molecule has 2 heterocycles. The molecular formula is C20H31N3O3S. The molecule has 0 bridgehead atoms. The minimum atomic E-state index is -0.437. The number of fused-ring (bicyclic) bond motifs is 1. The zero-order valence-electron chi connectivity index (χ0n) is 16.4. The fourth-order valence-corrected chi connectivity index (χ4v) is 5.16. The van der Waals surface area contributed by atoms with Crippen LogP contribution in [-0.4, -0.2) is 49.1 Å². The molecule has 1 aliphatic heterocycles. The van der Waals surface area contributed by atoms with Crippen LogP contribution in [0.4, 0.5) is 5.00 Å². The lowest BCUT2D eigenvalue weighted by atomic mass is 9.95. The highest BCUT2D eigenvalue weighted by Crippen LogP contribution is 2.37. The molecule has 0 spiro atoms. The van der Waals surface area contributed by atoms with Gasteiger partial charge in [0.25, 0.3) is 5.91 Å². The van der Waals surface area contributed by atoms with Crippen LogP contribution in [0.2, 0.25) is 0 Å². The van der Waals surface area contributed by atoms with Gasteiger partial charge in [-0.2, -0.15) is 0 Å². The molecule has 0 radical (unpaired) electrons. The third-order valence-electron chi connectivity index (χ3n) is 5.24. The van der Waals surface area contributed by atoms with Crippen LogP contribution in [0.5, 0.6) is 0 Å². The van der Waals surface area contributed by atoms with Crippen molar-refractivity contribution in [2.24, 2.45) is 11.7 Å². The van der Waals surface area contributed by atoms with E-state index >= 15 is 0 Å². The number of aryl methyl sites for hydroxylation is 1. The van der Waals surface area contributed by atoms with Crippen molar-refractivity contribution in [3.8, 4) is 0 Å².